The Morgan fingerprint density at radius 2 is 1.89 bits per heavy atom. The van der Waals surface area contributed by atoms with Crippen molar-refractivity contribution in [2.45, 2.75) is 58.9 Å². The van der Waals surface area contributed by atoms with Gasteiger partial charge in [-0.25, -0.2) is 0 Å². The van der Waals surface area contributed by atoms with Crippen LogP contribution in [0.3, 0.4) is 0 Å². The zero-order valence-corrected chi connectivity index (χ0v) is 12.3. The van der Waals surface area contributed by atoms with Crippen molar-refractivity contribution < 1.29 is 0 Å². The predicted molar refractivity (Wildman–Crippen MR) is 78.6 cm³/mol. The molecule has 1 nitrogen and oxygen atoms in total. The summed E-state index contributed by atoms with van der Waals surface area (Å²) in [6.07, 6.45) is 4.62. The molecular weight excluding hydrogens is 218 g/mol. The number of nitrogens with two attached hydrogens (primary N) is 1. The Hall–Kier alpha value is -0.820. The van der Waals surface area contributed by atoms with Gasteiger partial charge in [-0.3, -0.25) is 0 Å². The number of rotatable bonds is 2. The fourth-order valence-corrected chi connectivity index (χ4v) is 4.13. The van der Waals surface area contributed by atoms with Crippen molar-refractivity contribution >= 4 is 0 Å². The van der Waals surface area contributed by atoms with Crippen LogP contribution in [0.25, 0.3) is 0 Å². The molecule has 2 N–H and O–H groups in total. The lowest BCUT2D eigenvalue weighted by Gasteiger charge is -2.46. The van der Waals surface area contributed by atoms with E-state index in [-0.39, 0.29) is 5.54 Å². The fourth-order valence-electron chi connectivity index (χ4n) is 4.13. The Bertz CT molecular complexity index is 421. The van der Waals surface area contributed by atoms with Crippen molar-refractivity contribution in [1.29, 1.82) is 0 Å². The largest absolute Gasteiger partial charge is 0.325 e. The molecule has 1 fully saturated rings. The van der Waals surface area contributed by atoms with Crippen molar-refractivity contribution in [1.82, 2.24) is 0 Å². The molecule has 18 heavy (non-hydrogen) atoms. The highest BCUT2D eigenvalue weighted by Crippen LogP contribution is 2.44. The van der Waals surface area contributed by atoms with Gasteiger partial charge in [0.15, 0.2) is 0 Å². The van der Waals surface area contributed by atoms with E-state index in [1.165, 1.54) is 17.5 Å². The second-order valence-electron chi connectivity index (χ2n) is 7.32. The summed E-state index contributed by atoms with van der Waals surface area (Å²) in [6.45, 7) is 9.26. The van der Waals surface area contributed by atoms with Gasteiger partial charge in [0.05, 0.1) is 0 Å². The molecular formula is C17H27N. The van der Waals surface area contributed by atoms with Gasteiger partial charge in [-0.1, -0.05) is 45.0 Å². The third-order valence-electron chi connectivity index (χ3n) is 4.29. The Morgan fingerprint density at radius 3 is 2.50 bits per heavy atom. The maximum absolute atomic E-state index is 6.73. The zero-order chi connectivity index (χ0) is 13.4. The van der Waals surface area contributed by atoms with Crippen molar-refractivity contribution in [2.24, 2.45) is 17.1 Å². The molecule has 1 aliphatic rings. The van der Waals surface area contributed by atoms with E-state index in [0.717, 1.165) is 25.2 Å². The summed E-state index contributed by atoms with van der Waals surface area (Å²) < 4.78 is 0. The Labute approximate surface area is 112 Å². The van der Waals surface area contributed by atoms with Gasteiger partial charge in [-0.15, -0.1) is 0 Å². The average Bonchev–Trinajstić information content (AvgIpc) is 2.17. The fraction of sp³-hybridized carbons (Fsp3) is 0.647. The molecule has 0 spiro atoms. The van der Waals surface area contributed by atoms with E-state index >= 15 is 0 Å². The number of aryl methyl sites for hydroxylation is 1. The van der Waals surface area contributed by atoms with E-state index in [1.54, 1.807) is 0 Å². The SMILES string of the molecule is Cc1ccccc1CC1(N)CC(C)CC(C)(C)C1. The second-order valence-corrected chi connectivity index (χ2v) is 7.32. The number of hydrogen-bond donors (Lipinski definition) is 1. The van der Waals surface area contributed by atoms with Crippen LogP contribution in [0.2, 0.25) is 0 Å². The molecule has 0 heterocycles. The third-order valence-corrected chi connectivity index (χ3v) is 4.29. The summed E-state index contributed by atoms with van der Waals surface area (Å²) in [6, 6.07) is 8.66. The smallest absolute Gasteiger partial charge is 0.0202 e. The molecule has 1 heteroatoms. The molecule has 0 radical (unpaired) electrons. The number of benzene rings is 1. The molecule has 1 aromatic rings. The van der Waals surface area contributed by atoms with Crippen LogP contribution in [-0.2, 0) is 6.42 Å². The normalized spacial score (nSPS) is 31.3. The lowest BCUT2D eigenvalue weighted by atomic mass is 9.63. The van der Waals surface area contributed by atoms with Crippen molar-refractivity contribution in [3.05, 3.63) is 35.4 Å². The van der Waals surface area contributed by atoms with Crippen LogP contribution in [-0.4, -0.2) is 5.54 Å². The van der Waals surface area contributed by atoms with E-state index in [0.29, 0.717) is 5.41 Å². The standard InChI is InChI=1S/C17H27N/c1-13-9-16(3,4)12-17(18,10-13)11-15-8-6-5-7-14(15)2/h5-8,13H,9-12,18H2,1-4H3. The molecule has 1 aromatic carbocycles. The molecule has 100 valence electrons. The van der Waals surface area contributed by atoms with Crippen molar-refractivity contribution in [3.8, 4) is 0 Å². The quantitative estimate of drug-likeness (QED) is 0.834. The molecule has 1 saturated carbocycles. The maximum Gasteiger partial charge on any atom is 0.0202 e. The van der Waals surface area contributed by atoms with Gasteiger partial charge in [0.1, 0.15) is 0 Å². The van der Waals surface area contributed by atoms with Crippen LogP contribution in [0.4, 0.5) is 0 Å². The third kappa shape index (κ3) is 3.14. The van der Waals surface area contributed by atoms with Gasteiger partial charge >= 0.3 is 0 Å². The van der Waals surface area contributed by atoms with Crippen LogP contribution < -0.4 is 5.73 Å². The van der Waals surface area contributed by atoms with E-state index in [4.69, 9.17) is 5.73 Å². The topological polar surface area (TPSA) is 26.0 Å². The minimum atomic E-state index is -0.0206. The molecule has 0 aliphatic heterocycles. The molecule has 0 saturated heterocycles. The Kier molecular flexibility index (Phi) is 3.55. The van der Waals surface area contributed by atoms with Crippen molar-refractivity contribution in [3.63, 3.8) is 0 Å². The lowest BCUT2D eigenvalue weighted by Crippen LogP contribution is -2.50. The highest BCUT2D eigenvalue weighted by Gasteiger charge is 2.40. The van der Waals surface area contributed by atoms with Crippen molar-refractivity contribution in [2.75, 3.05) is 0 Å². The first-order chi connectivity index (χ1) is 8.30. The van der Waals surface area contributed by atoms with Crippen LogP contribution in [0.5, 0.6) is 0 Å². The Balaban J connectivity index is 2.19. The Morgan fingerprint density at radius 1 is 1.22 bits per heavy atom. The van der Waals surface area contributed by atoms with Gasteiger partial charge in [-0.05, 0) is 55.1 Å². The van der Waals surface area contributed by atoms with Crippen LogP contribution in [0, 0.1) is 18.3 Å². The van der Waals surface area contributed by atoms with Gasteiger partial charge in [0, 0.05) is 5.54 Å². The van der Waals surface area contributed by atoms with Gasteiger partial charge in [0.25, 0.3) is 0 Å². The zero-order valence-electron chi connectivity index (χ0n) is 12.3. The lowest BCUT2D eigenvalue weighted by molar-refractivity contribution is 0.108. The molecule has 2 rings (SSSR count). The van der Waals surface area contributed by atoms with Gasteiger partial charge in [0.2, 0.25) is 0 Å². The van der Waals surface area contributed by atoms with E-state index in [9.17, 15) is 0 Å². The van der Waals surface area contributed by atoms with Gasteiger partial charge < -0.3 is 5.73 Å². The molecule has 2 unspecified atom stereocenters. The predicted octanol–water partition coefficient (Wildman–Crippen LogP) is 4.08. The minimum absolute atomic E-state index is 0.0206. The molecule has 0 amide bonds. The van der Waals surface area contributed by atoms with Crippen LogP contribution in [0.1, 0.15) is 51.2 Å². The first kappa shape index (κ1) is 13.6. The van der Waals surface area contributed by atoms with E-state index in [2.05, 4.69) is 52.0 Å². The summed E-state index contributed by atoms with van der Waals surface area (Å²) in [5.41, 5.74) is 9.88. The van der Waals surface area contributed by atoms with E-state index in [1.807, 2.05) is 0 Å². The first-order valence-corrected chi connectivity index (χ1v) is 7.13. The summed E-state index contributed by atoms with van der Waals surface area (Å²) in [5, 5.41) is 0. The highest BCUT2D eigenvalue weighted by atomic mass is 14.8. The molecule has 0 aromatic heterocycles. The monoisotopic (exact) mass is 245 g/mol. The summed E-state index contributed by atoms with van der Waals surface area (Å²) in [7, 11) is 0. The molecule has 2 atom stereocenters. The molecule has 1 aliphatic carbocycles. The minimum Gasteiger partial charge on any atom is -0.325 e. The summed E-state index contributed by atoms with van der Waals surface area (Å²) >= 11 is 0. The van der Waals surface area contributed by atoms with Crippen LogP contribution >= 0.6 is 0 Å². The van der Waals surface area contributed by atoms with Gasteiger partial charge in [-0.2, -0.15) is 0 Å². The average molecular weight is 245 g/mol. The molecule has 0 bridgehead atoms. The summed E-state index contributed by atoms with van der Waals surface area (Å²) in [5.74, 6) is 0.739. The number of hydrogen-bond acceptors (Lipinski definition) is 1. The second kappa shape index (κ2) is 4.70. The highest BCUT2D eigenvalue weighted by molar-refractivity contribution is 5.27. The first-order valence-electron chi connectivity index (χ1n) is 7.13. The van der Waals surface area contributed by atoms with E-state index < -0.39 is 0 Å². The maximum atomic E-state index is 6.73. The van der Waals surface area contributed by atoms with Crippen LogP contribution in [0.15, 0.2) is 24.3 Å². The summed E-state index contributed by atoms with van der Waals surface area (Å²) in [4.78, 5) is 0.